The molecular formula is C17H19N3O. The molecule has 2 aromatic rings. The van der Waals surface area contributed by atoms with Crippen LogP contribution in [-0.2, 0) is 6.42 Å². The van der Waals surface area contributed by atoms with E-state index in [0.29, 0.717) is 5.96 Å². The third-order valence-corrected chi connectivity index (χ3v) is 3.74. The fraction of sp³-hybridized carbons (Fsp3) is 0.235. The van der Waals surface area contributed by atoms with Crippen molar-refractivity contribution in [2.24, 2.45) is 10.7 Å². The maximum atomic E-state index is 6.07. The summed E-state index contributed by atoms with van der Waals surface area (Å²) >= 11 is 0. The molecule has 4 nitrogen and oxygen atoms in total. The van der Waals surface area contributed by atoms with Gasteiger partial charge in [0.05, 0.1) is 19.7 Å². The van der Waals surface area contributed by atoms with Crippen LogP contribution < -0.4 is 15.4 Å². The standard InChI is InChI=1S/C17H19N3O/c1-21-16-9-7-14(8-10-16)20-15(12-19-17(20)18)11-13-5-3-2-4-6-13/h2-10,15H,11-12H2,1H3,(H2,18,19). The largest absolute Gasteiger partial charge is 0.497 e. The highest BCUT2D eigenvalue weighted by atomic mass is 16.5. The summed E-state index contributed by atoms with van der Waals surface area (Å²) in [5.74, 6) is 1.43. The van der Waals surface area contributed by atoms with Crippen molar-refractivity contribution < 1.29 is 4.74 Å². The van der Waals surface area contributed by atoms with Crippen LogP contribution in [0.2, 0.25) is 0 Å². The van der Waals surface area contributed by atoms with Crippen molar-refractivity contribution in [3.05, 3.63) is 60.2 Å². The molecule has 1 aliphatic rings. The molecule has 0 saturated heterocycles. The number of anilines is 1. The third kappa shape index (κ3) is 2.84. The molecular weight excluding hydrogens is 262 g/mol. The fourth-order valence-corrected chi connectivity index (χ4v) is 2.67. The summed E-state index contributed by atoms with van der Waals surface area (Å²) in [6, 6.07) is 18.6. The zero-order chi connectivity index (χ0) is 14.7. The lowest BCUT2D eigenvalue weighted by Crippen LogP contribution is -2.42. The van der Waals surface area contributed by atoms with Crippen molar-refractivity contribution in [3.63, 3.8) is 0 Å². The lowest BCUT2D eigenvalue weighted by atomic mass is 10.0. The molecule has 0 aromatic heterocycles. The first-order valence-corrected chi connectivity index (χ1v) is 7.05. The number of methoxy groups -OCH3 is 1. The van der Waals surface area contributed by atoms with Crippen LogP contribution in [0.5, 0.6) is 5.75 Å². The monoisotopic (exact) mass is 281 g/mol. The highest BCUT2D eigenvalue weighted by Crippen LogP contribution is 2.25. The van der Waals surface area contributed by atoms with E-state index in [2.05, 4.69) is 34.2 Å². The molecule has 1 atom stereocenters. The van der Waals surface area contributed by atoms with Crippen LogP contribution in [0.4, 0.5) is 5.69 Å². The minimum absolute atomic E-state index is 0.265. The Balaban J connectivity index is 1.81. The van der Waals surface area contributed by atoms with Crippen molar-refractivity contribution in [2.75, 3.05) is 18.6 Å². The molecule has 0 spiro atoms. The summed E-state index contributed by atoms with van der Waals surface area (Å²) in [4.78, 5) is 6.51. The summed E-state index contributed by atoms with van der Waals surface area (Å²) in [6.45, 7) is 0.729. The molecule has 21 heavy (non-hydrogen) atoms. The molecule has 1 unspecified atom stereocenters. The number of nitrogens with two attached hydrogens (primary N) is 1. The van der Waals surface area contributed by atoms with Gasteiger partial charge in [-0.2, -0.15) is 0 Å². The summed E-state index contributed by atoms with van der Waals surface area (Å²) in [5, 5.41) is 0. The molecule has 0 fully saturated rings. The SMILES string of the molecule is COc1ccc(N2C(N)=NCC2Cc2ccccc2)cc1. The third-order valence-electron chi connectivity index (χ3n) is 3.74. The summed E-state index contributed by atoms with van der Waals surface area (Å²) in [5.41, 5.74) is 8.42. The molecule has 3 rings (SSSR count). The quantitative estimate of drug-likeness (QED) is 0.936. The first-order chi connectivity index (χ1) is 10.3. The van der Waals surface area contributed by atoms with E-state index in [1.165, 1.54) is 5.56 Å². The molecule has 0 amide bonds. The first-order valence-electron chi connectivity index (χ1n) is 7.05. The maximum Gasteiger partial charge on any atom is 0.196 e. The van der Waals surface area contributed by atoms with Crippen LogP contribution in [0.15, 0.2) is 59.6 Å². The topological polar surface area (TPSA) is 50.9 Å². The lowest BCUT2D eigenvalue weighted by Gasteiger charge is -2.26. The van der Waals surface area contributed by atoms with E-state index < -0.39 is 0 Å². The van der Waals surface area contributed by atoms with Gasteiger partial charge in [0.25, 0.3) is 0 Å². The van der Waals surface area contributed by atoms with Gasteiger partial charge in [-0.05, 0) is 36.2 Å². The van der Waals surface area contributed by atoms with Gasteiger partial charge in [-0.15, -0.1) is 0 Å². The van der Waals surface area contributed by atoms with Crippen LogP contribution in [-0.4, -0.2) is 25.7 Å². The van der Waals surface area contributed by atoms with Gasteiger partial charge in [-0.1, -0.05) is 30.3 Å². The summed E-state index contributed by atoms with van der Waals surface area (Å²) in [7, 11) is 1.67. The van der Waals surface area contributed by atoms with E-state index in [1.54, 1.807) is 7.11 Å². The summed E-state index contributed by atoms with van der Waals surface area (Å²) in [6.07, 6.45) is 0.928. The average molecular weight is 281 g/mol. The number of benzene rings is 2. The summed E-state index contributed by atoms with van der Waals surface area (Å²) < 4.78 is 5.20. The van der Waals surface area contributed by atoms with Crippen LogP contribution in [0.25, 0.3) is 0 Å². The number of rotatable bonds is 4. The smallest absolute Gasteiger partial charge is 0.196 e. The van der Waals surface area contributed by atoms with Gasteiger partial charge in [0.2, 0.25) is 0 Å². The average Bonchev–Trinajstić information content (AvgIpc) is 2.89. The lowest BCUT2D eigenvalue weighted by molar-refractivity contribution is 0.415. The van der Waals surface area contributed by atoms with Crippen molar-refractivity contribution in [2.45, 2.75) is 12.5 Å². The second-order valence-electron chi connectivity index (χ2n) is 5.11. The molecule has 4 heteroatoms. The van der Waals surface area contributed by atoms with Gasteiger partial charge in [0.1, 0.15) is 5.75 Å². The van der Waals surface area contributed by atoms with E-state index in [1.807, 2.05) is 30.3 Å². The van der Waals surface area contributed by atoms with Crippen LogP contribution >= 0.6 is 0 Å². The number of hydrogen-bond donors (Lipinski definition) is 1. The Morgan fingerprint density at radius 3 is 2.52 bits per heavy atom. The Hall–Kier alpha value is -2.49. The van der Waals surface area contributed by atoms with Gasteiger partial charge in [0, 0.05) is 5.69 Å². The number of hydrogen-bond acceptors (Lipinski definition) is 4. The van der Waals surface area contributed by atoms with E-state index in [9.17, 15) is 0 Å². The minimum atomic E-state index is 0.265. The molecule has 0 saturated carbocycles. The van der Waals surface area contributed by atoms with Crippen LogP contribution in [0, 0.1) is 0 Å². The highest BCUT2D eigenvalue weighted by Gasteiger charge is 2.27. The number of ether oxygens (including phenoxy) is 1. The molecule has 0 aliphatic carbocycles. The van der Waals surface area contributed by atoms with E-state index >= 15 is 0 Å². The van der Waals surface area contributed by atoms with Gasteiger partial charge in [-0.25, -0.2) is 0 Å². The Morgan fingerprint density at radius 2 is 1.86 bits per heavy atom. The predicted molar refractivity (Wildman–Crippen MR) is 85.9 cm³/mol. The maximum absolute atomic E-state index is 6.07. The van der Waals surface area contributed by atoms with E-state index in [0.717, 1.165) is 24.4 Å². The van der Waals surface area contributed by atoms with Crippen molar-refractivity contribution in [1.82, 2.24) is 0 Å². The molecule has 2 N–H and O–H groups in total. The number of guanidine groups is 1. The molecule has 1 aliphatic heterocycles. The Bertz CT molecular complexity index is 622. The van der Waals surface area contributed by atoms with Crippen molar-refractivity contribution in [3.8, 4) is 5.75 Å². The van der Waals surface area contributed by atoms with Crippen molar-refractivity contribution >= 4 is 11.6 Å². The molecule has 0 bridgehead atoms. The van der Waals surface area contributed by atoms with Gasteiger partial charge in [-0.3, -0.25) is 4.99 Å². The van der Waals surface area contributed by atoms with E-state index in [4.69, 9.17) is 10.5 Å². The Morgan fingerprint density at radius 1 is 1.14 bits per heavy atom. The second kappa shape index (κ2) is 5.87. The van der Waals surface area contributed by atoms with Crippen molar-refractivity contribution in [1.29, 1.82) is 0 Å². The van der Waals surface area contributed by atoms with E-state index in [-0.39, 0.29) is 6.04 Å². The number of aliphatic imine (C=N–C) groups is 1. The zero-order valence-corrected chi connectivity index (χ0v) is 12.1. The fourth-order valence-electron chi connectivity index (χ4n) is 2.67. The molecule has 2 aromatic carbocycles. The molecule has 108 valence electrons. The van der Waals surface area contributed by atoms with Gasteiger partial charge >= 0.3 is 0 Å². The Labute approximate surface area is 124 Å². The second-order valence-corrected chi connectivity index (χ2v) is 5.11. The first kappa shape index (κ1) is 13.5. The predicted octanol–water partition coefficient (Wildman–Crippen LogP) is 2.44. The van der Waals surface area contributed by atoms with Crippen LogP contribution in [0.3, 0.4) is 0 Å². The normalized spacial score (nSPS) is 17.7. The minimum Gasteiger partial charge on any atom is -0.497 e. The van der Waals surface area contributed by atoms with Gasteiger partial charge in [0.15, 0.2) is 5.96 Å². The van der Waals surface area contributed by atoms with Gasteiger partial charge < -0.3 is 15.4 Å². The number of nitrogens with zero attached hydrogens (tertiary/aromatic N) is 2. The zero-order valence-electron chi connectivity index (χ0n) is 12.1. The molecule has 0 radical (unpaired) electrons. The molecule has 1 heterocycles. The highest BCUT2D eigenvalue weighted by molar-refractivity contribution is 5.97. The Kier molecular flexibility index (Phi) is 3.77. The van der Waals surface area contributed by atoms with Crippen LogP contribution in [0.1, 0.15) is 5.56 Å².